The Morgan fingerprint density at radius 2 is 1.70 bits per heavy atom. The molecule has 2 aromatic rings. The molecule has 0 amide bonds. The van der Waals surface area contributed by atoms with Crippen LogP contribution < -0.4 is 0 Å². The first-order valence-electron chi connectivity index (χ1n) is 7.72. The highest BCUT2D eigenvalue weighted by Crippen LogP contribution is 2.40. The van der Waals surface area contributed by atoms with Gasteiger partial charge in [0, 0.05) is 11.0 Å². The summed E-state index contributed by atoms with van der Waals surface area (Å²) in [5.41, 5.74) is 7.58. The molecule has 0 N–H and O–H groups in total. The highest BCUT2D eigenvalue weighted by Gasteiger charge is 2.21. The molecule has 0 heterocycles. The second-order valence-corrected chi connectivity index (χ2v) is 7.28. The topological polar surface area (TPSA) is 0 Å². The van der Waals surface area contributed by atoms with E-state index in [4.69, 9.17) is 0 Å². The monoisotopic (exact) mass is 280 g/mol. The molecule has 1 heteroatoms. The number of rotatable bonds is 3. The van der Waals surface area contributed by atoms with Crippen LogP contribution in [0.3, 0.4) is 0 Å². The van der Waals surface area contributed by atoms with Crippen LogP contribution in [0.15, 0.2) is 42.5 Å². The maximum Gasteiger partial charge on any atom is 0.0190 e. The van der Waals surface area contributed by atoms with Crippen LogP contribution in [-0.2, 0) is 12.2 Å². The SMILES string of the molecule is c1ccc2c(c1)Cc1c(CSC3CCCC3)cccc1-2. The van der Waals surface area contributed by atoms with Crippen LogP contribution >= 0.6 is 11.8 Å². The van der Waals surface area contributed by atoms with E-state index >= 15 is 0 Å². The largest absolute Gasteiger partial charge is 0.154 e. The van der Waals surface area contributed by atoms with E-state index in [1.165, 1.54) is 48.1 Å². The molecule has 1 saturated carbocycles. The van der Waals surface area contributed by atoms with Crippen LogP contribution in [0.4, 0.5) is 0 Å². The molecule has 0 aromatic heterocycles. The van der Waals surface area contributed by atoms with Crippen molar-refractivity contribution >= 4 is 11.8 Å². The van der Waals surface area contributed by atoms with Gasteiger partial charge in [-0.25, -0.2) is 0 Å². The van der Waals surface area contributed by atoms with E-state index in [1.54, 1.807) is 11.1 Å². The third-order valence-corrected chi connectivity index (χ3v) is 6.15. The Morgan fingerprint density at radius 3 is 2.60 bits per heavy atom. The fourth-order valence-electron chi connectivity index (χ4n) is 3.62. The third kappa shape index (κ3) is 2.18. The van der Waals surface area contributed by atoms with Gasteiger partial charge in [-0.2, -0.15) is 11.8 Å². The molecule has 2 aromatic carbocycles. The van der Waals surface area contributed by atoms with Crippen LogP contribution in [0.25, 0.3) is 11.1 Å². The Balaban J connectivity index is 1.60. The molecule has 0 unspecified atom stereocenters. The Morgan fingerprint density at radius 1 is 0.900 bits per heavy atom. The molecule has 20 heavy (non-hydrogen) atoms. The van der Waals surface area contributed by atoms with Crippen molar-refractivity contribution in [3.63, 3.8) is 0 Å². The zero-order valence-electron chi connectivity index (χ0n) is 11.8. The standard InChI is InChI=1S/C19H20S/c1-4-10-17-14(6-1)12-19-15(7-5-11-18(17)19)13-20-16-8-2-3-9-16/h1,4-7,10-11,16H,2-3,8-9,12-13H2. The van der Waals surface area contributed by atoms with E-state index < -0.39 is 0 Å². The Bertz CT molecular complexity index is 623. The normalized spacial score (nSPS) is 17.2. The summed E-state index contributed by atoms with van der Waals surface area (Å²) >= 11 is 2.18. The maximum atomic E-state index is 2.34. The smallest absolute Gasteiger partial charge is 0.0190 e. The minimum Gasteiger partial charge on any atom is -0.154 e. The van der Waals surface area contributed by atoms with Crippen molar-refractivity contribution in [2.75, 3.05) is 0 Å². The summed E-state index contributed by atoms with van der Waals surface area (Å²) in [6.07, 6.45) is 6.87. The Kier molecular flexibility index (Phi) is 3.31. The van der Waals surface area contributed by atoms with Crippen molar-refractivity contribution in [3.05, 3.63) is 59.2 Å². The first-order valence-corrected chi connectivity index (χ1v) is 8.77. The van der Waals surface area contributed by atoms with Gasteiger partial charge in [0.2, 0.25) is 0 Å². The summed E-state index contributed by atoms with van der Waals surface area (Å²) in [6, 6.07) is 15.8. The number of benzene rings is 2. The molecule has 4 rings (SSSR count). The summed E-state index contributed by atoms with van der Waals surface area (Å²) < 4.78 is 0. The molecule has 2 aliphatic rings. The minimum atomic E-state index is 0.912. The first-order chi connectivity index (χ1) is 9.92. The van der Waals surface area contributed by atoms with Gasteiger partial charge in [0.1, 0.15) is 0 Å². The molecule has 2 aliphatic carbocycles. The van der Waals surface area contributed by atoms with Crippen LogP contribution in [0.2, 0.25) is 0 Å². The van der Waals surface area contributed by atoms with Crippen molar-refractivity contribution in [1.82, 2.24) is 0 Å². The number of hydrogen-bond acceptors (Lipinski definition) is 1. The highest BCUT2D eigenvalue weighted by atomic mass is 32.2. The van der Waals surface area contributed by atoms with Crippen molar-refractivity contribution in [2.24, 2.45) is 0 Å². The summed E-state index contributed by atoms with van der Waals surface area (Å²) in [4.78, 5) is 0. The maximum absolute atomic E-state index is 2.34. The van der Waals surface area contributed by atoms with Crippen LogP contribution in [0, 0.1) is 0 Å². The quantitative estimate of drug-likeness (QED) is 0.616. The molecular weight excluding hydrogens is 260 g/mol. The molecule has 0 radical (unpaired) electrons. The van der Waals surface area contributed by atoms with Crippen LogP contribution in [-0.4, -0.2) is 5.25 Å². The molecule has 0 aliphatic heterocycles. The lowest BCUT2D eigenvalue weighted by molar-refractivity contribution is 0.886. The molecule has 0 atom stereocenters. The van der Waals surface area contributed by atoms with Crippen molar-refractivity contribution in [2.45, 2.75) is 43.1 Å². The molecule has 0 saturated heterocycles. The van der Waals surface area contributed by atoms with Gasteiger partial charge in [-0.05, 0) is 47.1 Å². The van der Waals surface area contributed by atoms with Gasteiger partial charge in [-0.3, -0.25) is 0 Å². The predicted molar refractivity (Wildman–Crippen MR) is 88.2 cm³/mol. The van der Waals surface area contributed by atoms with E-state index in [9.17, 15) is 0 Å². The van der Waals surface area contributed by atoms with Gasteiger partial charge >= 0.3 is 0 Å². The molecule has 1 fully saturated rings. The second kappa shape index (κ2) is 5.29. The fourth-order valence-corrected chi connectivity index (χ4v) is 4.97. The van der Waals surface area contributed by atoms with Gasteiger partial charge < -0.3 is 0 Å². The van der Waals surface area contributed by atoms with Crippen molar-refractivity contribution < 1.29 is 0 Å². The van der Waals surface area contributed by atoms with Crippen molar-refractivity contribution in [1.29, 1.82) is 0 Å². The van der Waals surface area contributed by atoms with Gasteiger partial charge in [0.15, 0.2) is 0 Å². The summed E-state index contributed by atoms with van der Waals surface area (Å²) in [6.45, 7) is 0. The van der Waals surface area contributed by atoms with E-state index in [1.807, 2.05) is 0 Å². The Hall–Kier alpha value is -1.21. The van der Waals surface area contributed by atoms with E-state index in [-0.39, 0.29) is 0 Å². The number of fused-ring (bicyclic) bond motifs is 3. The highest BCUT2D eigenvalue weighted by molar-refractivity contribution is 7.99. The average Bonchev–Trinajstić information content (AvgIpc) is 3.12. The fraction of sp³-hybridized carbons (Fsp3) is 0.368. The second-order valence-electron chi connectivity index (χ2n) is 5.99. The van der Waals surface area contributed by atoms with Crippen LogP contribution in [0.5, 0.6) is 0 Å². The summed E-state index contributed by atoms with van der Waals surface area (Å²) in [5, 5.41) is 0.912. The molecule has 0 bridgehead atoms. The van der Waals surface area contributed by atoms with E-state index in [2.05, 4.69) is 54.2 Å². The van der Waals surface area contributed by atoms with Gasteiger partial charge in [0.25, 0.3) is 0 Å². The van der Waals surface area contributed by atoms with E-state index in [0.717, 1.165) is 11.7 Å². The third-order valence-electron chi connectivity index (χ3n) is 4.72. The zero-order valence-corrected chi connectivity index (χ0v) is 12.6. The summed E-state index contributed by atoms with van der Waals surface area (Å²) in [5.74, 6) is 1.20. The lowest BCUT2D eigenvalue weighted by Gasteiger charge is -2.12. The van der Waals surface area contributed by atoms with Crippen molar-refractivity contribution in [3.8, 4) is 11.1 Å². The lowest BCUT2D eigenvalue weighted by atomic mass is 10.0. The number of thioether (sulfide) groups is 1. The summed E-state index contributed by atoms with van der Waals surface area (Å²) in [7, 11) is 0. The zero-order chi connectivity index (χ0) is 13.4. The van der Waals surface area contributed by atoms with Gasteiger partial charge in [-0.15, -0.1) is 0 Å². The molecular formula is C19H20S. The first kappa shape index (κ1) is 12.5. The average molecular weight is 280 g/mol. The van der Waals surface area contributed by atoms with Gasteiger partial charge in [0.05, 0.1) is 0 Å². The molecule has 0 spiro atoms. The molecule has 102 valence electrons. The predicted octanol–water partition coefficient (Wildman–Crippen LogP) is 5.43. The van der Waals surface area contributed by atoms with Gasteiger partial charge in [-0.1, -0.05) is 55.3 Å². The molecule has 0 nitrogen and oxygen atoms in total. The lowest BCUT2D eigenvalue weighted by Crippen LogP contribution is -1.97. The minimum absolute atomic E-state index is 0.912. The van der Waals surface area contributed by atoms with Crippen LogP contribution in [0.1, 0.15) is 42.4 Å². The van der Waals surface area contributed by atoms with E-state index in [0.29, 0.717) is 0 Å². The number of hydrogen-bond donors (Lipinski definition) is 0. The Labute approximate surface area is 125 Å².